The van der Waals surface area contributed by atoms with Gasteiger partial charge in [-0.1, -0.05) is 72.3 Å². The second-order valence-electron chi connectivity index (χ2n) is 7.72. The Morgan fingerprint density at radius 2 is 1.67 bits per heavy atom. The predicted octanol–water partition coefficient (Wildman–Crippen LogP) is 4.63. The van der Waals surface area contributed by atoms with E-state index in [-0.39, 0.29) is 11.8 Å². The first kappa shape index (κ1) is 21.6. The van der Waals surface area contributed by atoms with Crippen molar-refractivity contribution in [2.24, 2.45) is 0 Å². The summed E-state index contributed by atoms with van der Waals surface area (Å²) in [6, 6.07) is 22.0. The second kappa shape index (κ2) is 10.1. The number of hydrogen-bond acceptors (Lipinski definition) is 2. The molecular formula is C26H30N2O2. The number of nitrogens with one attached hydrogen (secondary N) is 1. The van der Waals surface area contributed by atoms with Crippen molar-refractivity contribution in [3.8, 4) is 0 Å². The van der Waals surface area contributed by atoms with Gasteiger partial charge in [-0.05, 0) is 49.1 Å². The molecule has 0 aromatic heterocycles. The van der Waals surface area contributed by atoms with Gasteiger partial charge < -0.3 is 10.2 Å². The van der Waals surface area contributed by atoms with Crippen LogP contribution in [0, 0.1) is 6.92 Å². The molecule has 4 heteroatoms. The average Bonchev–Trinajstić information content (AvgIpc) is 2.76. The quantitative estimate of drug-likeness (QED) is 0.597. The van der Waals surface area contributed by atoms with E-state index in [2.05, 4.69) is 29.6 Å². The van der Waals surface area contributed by atoms with Crippen molar-refractivity contribution in [3.05, 3.63) is 83.4 Å². The van der Waals surface area contributed by atoms with E-state index < -0.39 is 6.04 Å². The van der Waals surface area contributed by atoms with Gasteiger partial charge in [0.2, 0.25) is 11.8 Å². The summed E-state index contributed by atoms with van der Waals surface area (Å²) in [5.41, 5.74) is 3.35. The van der Waals surface area contributed by atoms with Gasteiger partial charge in [0.05, 0.1) is 0 Å². The zero-order valence-electron chi connectivity index (χ0n) is 18.0. The van der Waals surface area contributed by atoms with Crippen molar-refractivity contribution >= 4 is 22.6 Å². The minimum absolute atomic E-state index is 0.0118. The second-order valence-corrected chi connectivity index (χ2v) is 7.72. The highest BCUT2D eigenvalue weighted by Crippen LogP contribution is 2.21. The third-order valence-corrected chi connectivity index (χ3v) is 5.48. The largest absolute Gasteiger partial charge is 0.355 e. The maximum Gasteiger partial charge on any atom is 0.242 e. The van der Waals surface area contributed by atoms with Gasteiger partial charge in [-0.15, -0.1) is 0 Å². The van der Waals surface area contributed by atoms with Crippen LogP contribution >= 0.6 is 0 Å². The van der Waals surface area contributed by atoms with Gasteiger partial charge in [-0.3, -0.25) is 9.59 Å². The number of nitrogens with zero attached hydrogens (tertiary/aromatic N) is 1. The maximum atomic E-state index is 13.2. The first-order valence-electron chi connectivity index (χ1n) is 10.6. The van der Waals surface area contributed by atoms with Crippen molar-refractivity contribution in [2.75, 3.05) is 6.54 Å². The van der Waals surface area contributed by atoms with Crippen LogP contribution in [0.1, 0.15) is 37.0 Å². The summed E-state index contributed by atoms with van der Waals surface area (Å²) in [5, 5.41) is 5.19. The molecule has 156 valence electrons. The highest BCUT2D eigenvalue weighted by molar-refractivity contribution is 5.88. The van der Waals surface area contributed by atoms with E-state index in [1.165, 1.54) is 16.3 Å². The lowest BCUT2D eigenvalue weighted by atomic mass is 10.0. The Kier molecular flexibility index (Phi) is 7.23. The van der Waals surface area contributed by atoms with Gasteiger partial charge in [0.15, 0.2) is 0 Å². The van der Waals surface area contributed by atoms with Gasteiger partial charge in [0.25, 0.3) is 0 Å². The Morgan fingerprint density at radius 3 is 2.40 bits per heavy atom. The lowest BCUT2D eigenvalue weighted by molar-refractivity contribution is -0.140. The van der Waals surface area contributed by atoms with Crippen LogP contribution in [0.15, 0.2) is 66.7 Å². The number of fused-ring (bicyclic) bond motifs is 1. The van der Waals surface area contributed by atoms with Crippen LogP contribution in [0.5, 0.6) is 0 Å². The molecule has 3 aromatic rings. The van der Waals surface area contributed by atoms with Crippen LogP contribution in [0.2, 0.25) is 0 Å². The Morgan fingerprint density at radius 1 is 0.967 bits per heavy atom. The fraction of sp³-hybridized carbons (Fsp3) is 0.308. The third-order valence-electron chi connectivity index (χ3n) is 5.48. The third kappa shape index (κ3) is 5.26. The first-order valence-corrected chi connectivity index (χ1v) is 10.6. The van der Waals surface area contributed by atoms with E-state index in [4.69, 9.17) is 0 Å². The number of rotatable bonds is 8. The van der Waals surface area contributed by atoms with Crippen LogP contribution in [-0.4, -0.2) is 29.3 Å². The minimum Gasteiger partial charge on any atom is -0.355 e. The predicted molar refractivity (Wildman–Crippen MR) is 122 cm³/mol. The number of carbonyl (C=O) groups is 2. The first-order chi connectivity index (χ1) is 14.5. The summed E-state index contributed by atoms with van der Waals surface area (Å²) in [4.78, 5) is 27.4. The highest BCUT2D eigenvalue weighted by Gasteiger charge is 2.25. The Balaban J connectivity index is 1.78. The summed E-state index contributed by atoms with van der Waals surface area (Å²) < 4.78 is 0. The molecule has 0 fully saturated rings. The SMILES string of the molecule is CCNC(=O)C(C)N(Cc1ccc(C)cc1)C(=O)CCc1cccc2ccccc12. The standard InChI is InChI=1S/C26H30N2O2/c1-4-27-26(30)20(3)28(18-21-14-12-19(2)13-15-21)25(29)17-16-23-10-7-9-22-8-5-6-11-24(22)23/h5-15,20H,4,16-18H2,1-3H3,(H,27,30). The monoisotopic (exact) mass is 402 g/mol. The molecule has 0 heterocycles. The molecule has 0 saturated heterocycles. The van der Waals surface area contributed by atoms with Gasteiger partial charge in [0.1, 0.15) is 6.04 Å². The number of likely N-dealkylation sites (N-methyl/N-ethyl adjacent to an activating group) is 1. The van der Waals surface area contributed by atoms with E-state index >= 15 is 0 Å². The molecule has 0 bridgehead atoms. The highest BCUT2D eigenvalue weighted by atomic mass is 16.2. The Hall–Kier alpha value is -3.14. The minimum atomic E-state index is -0.522. The normalized spacial score (nSPS) is 11.8. The molecule has 3 rings (SSSR count). The molecule has 2 amide bonds. The molecule has 0 saturated carbocycles. The van der Waals surface area contributed by atoms with Crippen molar-refractivity contribution in [1.29, 1.82) is 0 Å². The van der Waals surface area contributed by atoms with Gasteiger partial charge in [-0.25, -0.2) is 0 Å². The number of aryl methyl sites for hydroxylation is 2. The summed E-state index contributed by atoms with van der Waals surface area (Å²) in [7, 11) is 0. The molecule has 0 aliphatic heterocycles. The van der Waals surface area contributed by atoms with Crippen LogP contribution in [0.25, 0.3) is 10.8 Å². The molecule has 0 spiro atoms. The summed E-state index contributed by atoms with van der Waals surface area (Å²) in [6.07, 6.45) is 1.01. The molecule has 0 aliphatic carbocycles. The van der Waals surface area contributed by atoms with Crippen molar-refractivity contribution in [2.45, 2.75) is 46.2 Å². The van der Waals surface area contributed by atoms with Gasteiger partial charge in [0, 0.05) is 19.5 Å². The van der Waals surface area contributed by atoms with Crippen molar-refractivity contribution in [3.63, 3.8) is 0 Å². The maximum absolute atomic E-state index is 13.2. The molecular weight excluding hydrogens is 372 g/mol. The van der Waals surface area contributed by atoms with E-state index in [9.17, 15) is 9.59 Å². The fourth-order valence-electron chi connectivity index (χ4n) is 3.69. The summed E-state index contributed by atoms with van der Waals surface area (Å²) in [5.74, 6) is -0.134. The molecule has 0 aliphatic rings. The summed E-state index contributed by atoms with van der Waals surface area (Å²) in [6.45, 7) is 6.69. The molecule has 1 unspecified atom stereocenters. The number of amides is 2. The van der Waals surface area contributed by atoms with Crippen LogP contribution in [-0.2, 0) is 22.6 Å². The number of hydrogen-bond donors (Lipinski definition) is 1. The summed E-state index contributed by atoms with van der Waals surface area (Å²) >= 11 is 0. The van der Waals surface area contributed by atoms with E-state index in [0.29, 0.717) is 25.9 Å². The molecule has 3 aromatic carbocycles. The van der Waals surface area contributed by atoms with Crippen LogP contribution < -0.4 is 5.32 Å². The molecule has 30 heavy (non-hydrogen) atoms. The van der Waals surface area contributed by atoms with Gasteiger partial charge in [-0.2, -0.15) is 0 Å². The lowest BCUT2D eigenvalue weighted by Gasteiger charge is -2.29. The molecule has 0 radical (unpaired) electrons. The van der Waals surface area contributed by atoms with Gasteiger partial charge >= 0.3 is 0 Å². The zero-order valence-corrected chi connectivity index (χ0v) is 18.0. The topological polar surface area (TPSA) is 49.4 Å². The van der Waals surface area contributed by atoms with Crippen LogP contribution in [0.3, 0.4) is 0 Å². The Bertz CT molecular complexity index is 1010. The molecule has 1 N–H and O–H groups in total. The molecule has 1 atom stereocenters. The van der Waals surface area contributed by atoms with Crippen molar-refractivity contribution in [1.82, 2.24) is 10.2 Å². The number of carbonyl (C=O) groups excluding carboxylic acids is 2. The smallest absolute Gasteiger partial charge is 0.242 e. The fourth-order valence-corrected chi connectivity index (χ4v) is 3.69. The number of benzene rings is 3. The van der Waals surface area contributed by atoms with E-state index in [0.717, 1.165) is 11.1 Å². The average molecular weight is 403 g/mol. The van der Waals surface area contributed by atoms with Crippen molar-refractivity contribution < 1.29 is 9.59 Å². The molecule has 4 nitrogen and oxygen atoms in total. The zero-order chi connectivity index (χ0) is 21.5. The van der Waals surface area contributed by atoms with E-state index in [1.807, 2.05) is 56.3 Å². The Labute approximate surface area is 178 Å². The van der Waals surface area contributed by atoms with E-state index in [1.54, 1.807) is 11.8 Å². The van der Waals surface area contributed by atoms with Crippen LogP contribution in [0.4, 0.5) is 0 Å². The lowest BCUT2D eigenvalue weighted by Crippen LogP contribution is -2.47.